The van der Waals surface area contributed by atoms with Gasteiger partial charge in [-0.15, -0.1) is 0 Å². The number of epoxide rings is 1. The molecule has 0 spiro atoms. The number of aliphatic hydroxyl groups is 2. The second kappa shape index (κ2) is 22.3. The fourth-order valence-electron chi connectivity index (χ4n) is 5.42. The second-order valence-corrected chi connectivity index (χ2v) is 25.5. The first-order chi connectivity index (χ1) is 20.2. The second-order valence-electron chi connectivity index (χ2n) is 13.3. The molecule has 0 amide bonds. The summed E-state index contributed by atoms with van der Waals surface area (Å²) in [6.45, 7) is 16.4. The van der Waals surface area contributed by atoms with Crippen LogP contribution in [-0.4, -0.2) is 81.4 Å². The summed E-state index contributed by atoms with van der Waals surface area (Å²) < 4.78 is 26.7. The van der Waals surface area contributed by atoms with Crippen molar-refractivity contribution in [3.05, 3.63) is 35.9 Å². The van der Waals surface area contributed by atoms with Crippen molar-refractivity contribution in [2.75, 3.05) is 40.1 Å². The van der Waals surface area contributed by atoms with Gasteiger partial charge in [0, 0.05) is 5.41 Å². The van der Waals surface area contributed by atoms with Crippen LogP contribution in [0, 0.1) is 10.8 Å². The quantitative estimate of drug-likeness (QED) is 0.112. The molecule has 3 rings (SSSR count). The van der Waals surface area contributed by atoms with Crippen LogP contribution in [0.2, 0.25) is 13.3 Å². The van der Waals surface area contributed by atoms with E-state index in [4.69, 9.17) is 22.4 Å². The summed E-state index contributed by atoms with van der Waals surface area (Å²) in [6, 6.07) is 10.1. The number of hydrogen-bond acceptors (Lipinski definition) is 6. The van der Waals surface area contributed by atoms with E-state index in [1.54, 1.807) is 0 Å². The van der Waals surface area contributed by atoms with E-state index in [-0.39, 0.29) is 24.7 Å². The Morgan fingerprint density at radius 2 is 1.50 bits per heavy atom. The Bertz CT molecular complexity index is 754. The van der Waals surface area contributed by atoms with Crippen molar-refractivity contribution in [2.45, 2.75) is 131 Å². The van der Waals surface area contributed by atoms with Gasteiger partial charge >= 0.3 is 102 Å². The van der Waals surface area contributed by atoms with E-state index in [1.807, 2.05) is 44.4 Å². The summed E-state index contributed by atoms with van der Waals surface area (Å²) in [5.41, 5.74) is 1.30. The molecule has 0 aromatic heterocycles. The molecule has 0 aliphatic carbocycles. The first kappa shape index (κ1) is 39.8. The molecule has 7 heteroatoms. The van der Waals surface area contributed by atoms with Gasteiger partial charge in [0.05, 0.1) is 51.8 Å². The van der Waals surface area contributed by atoms with Crippen LogP contribution < -0.4 is 0 Å². The van der Waals surface area contributed by atoms with Crippen molar-refractivity contribution in [1.29, 1.82) is 0 Å². The molecule has 2 aliphatic rings. The molecule has 42 heavy (non-hydrogen) atoms. The zero-order valence-electron chi connectivity index (χ0n) is 28.3. The molecule has 4 atom stereocenters. The van der Waals surface area contributed by atoms with E-state index in [2.05, 4.69) is 34.6 Å². The van der Waals surface area contributed by atoms with Crippen molar-refractivity contribution >= 4 is 18.8 Å². The molecule has 0 saturated carbocycles. The molecule has 6 nitrogen and oxygen atoms in total. The van der Waals surface area contributed by atoms with E-state index in [0.29, 0.717) is 24.7 Å². The van der Waals surface area contributed by atoms with Gasteiger partial charge in [0.2, 0.25) is 0 Å². The SMILES string of the molecule is CC(CO)(COCc1ccccc1)CC1CO1.CCC1(C)COC(CO)C1.CCC[CH2][Sn]([CH2]CCC)([CH2]CCC)[O]C. The molecular formula is C35H66O6Sn. The van der Waals surface area contributed by atoms with Gasteiger partial charge in [0.25, 0.3) is 0 Å². The van der Waals surface area contributed by atoms with Gasteiger partial charge in [0.15, 0.2) is 0 Å². The van der Waals surface area contributed by atoms with Crippen molar-refractivity contribution in [3.63, 3.8) is 0 Å². The van der Waals surface area contributed by atoms with E-state index in [9.17, 15) is 5.11 Å². The van der Waals surface area contributed by atoms with Crippen molar-refractivity contribution < 1.29 is 27.5 Å². The number of ether oxygens (including phenoxy) is 3. The molecule has 2 fully saturated rings. The number of aliphatic hydroxyl groups excluding tert-OH is 2. The van der Waals surface area contributed by atoms with E-state index in [0.717, 1.165) is 38.0 Å². The van der Waals surface area contributed by atoms with E-state index >= 15 is 0 Å². The average molecular weight is 702 g/mol. The Kier molecular flexibility index (Phi) is 21.1. The van der Waals surface area contributed by atoms with Gasteiger partial charge in [-0.1, -0.05) is 51.1 Å². The third-order valence-corrected chi connectivity index (χ3v) is 22.2. The Labute approximate surface area is 263 Å². The van der Waals surface area contributed by atoms with Gasteiger partial charge in [-0.05, 0) is 30.2 Å². The van der Waals surface area contributed by atoms with Crippen molar-refractivity contribution in [3.8, 4) is 0 Å². The van der Waals surface area contributed by atoms with Crippen LogP contribution in [0.25, 0.3) is 0 Å². The van der Waals surface area contributed by atoms with Crippen LogP contribution in [0.1, 0.15) is 105 Å². The number of rotatable bonds is 19. The summed E-state index contributed by atoms with van der Waals surface area (Å²) in [5, 5.41) is 18.2. The monoisotopic (exact) mass is 702 g/mol. The Balaban J connectivity index is 0.000000326. The molecular weight excluding hydrogens is 635 g/mol. The number of benzene rings is 1. The summed E-state index contributed by atoms with van der Waals surface area (Å²) in [5.74, 6) is 0. The van der Waals surface area contributed by atoms with Gasteiger partial charge < -0.3 is 24.4 Å². The molecule has 2 heterocycles. The fourth-order valence-corrected chi connectivity index (χ4v) is 17.9. The molecule has 0 radical (unpaired) electrons. The Morgan fingerprint density at radius 1 is 0.929 bits per heavy atom. The molecule has 1 aromatic carbocycles. The minimum absolute atomic E-state index is 0.102. The van der Waals surface area contributed by atoms with Crippen LogP contribution in [0.3, 0.4) is 0 Å². The first-order valence-corrected chi connectivity index (χ1v) is 24.0. The summed E-state index contributed by atoms with van der Waals surface area (Å²) in [4.78, 5) is 0. The third-order valence-electron chi connectivity index (χ3n) is 8.90. The number of hydrogen-bond donors (Lipinski definition) is 2. The minimum atomic E-state index is -2.12. The summed E-state index contributed by atoms with van der Waals surface area (Å²) >= 11 is -2.12. The van der Waals surface area contributed by atoms with Crippen molar-refractivity contribution in [2.24, 2.45) is 10.8 Å². The van der Waals surface area contributed by atoms with E-state index in [1.165, 1.54) is 51.8 Å². The fraction of sp³-hybridized carbons (Fsp3) is 0.829. The van der Waals surface area contributed by atoms with Crippen molar-refractivity contribution in [1.82, 2.24) is 0 Å². The zero-order chi connectivity index (χ0) is 31.3. The molecule has 0 bridgehead atoms. The third kappa shape index (κ3) is 16.7. The standard InChI is InChI=1S/C14H20O3.C8H16O2.3C4H9.CH3O.Sn/c1-14(10-15,7-13-9-17-13)11-16-8-12-5-3-2-4-6-12;1-3-8(2)4-7(5-9)10-6-8;3*1-3-4-2;1-2;/h2-6,13,15H,7-11H2,1H3;7,9H,3-6H2,1-2H3;3*1,3-4H2,2H3;1H3;/q;;;;;-1;+1. The predicted molar refractivity (Wildman–Crippen MR) is 177 cm³/mol. The van der Waals surface area contributed by atoms with Gasteiger partial charge in [-0.25, -0.2) is 0 Å². The van der Waals surface area contributed by atoms with Gasteiger partial charge in [-0.2, -0.15) is 0 Å². The molecule has 1 aromatic rings. The van der Waals surface area contributed by atoms with Crippen LogP contribution in [0.4, 0.5) is 0 Å². The van der Waals surface area contributed by atoms with Crippen LogP contribution >= 0.6 is 0 Å². The first-order valence-electron chi connectivity index (χ1n) is 16.8. The van der Waals surface area contributed by atoms with E-state index < -0.39 is 18.8 Å². The maximum absolute atomic E-state index is 9.42. The van der Waals surface area contributed by atoms with Gasteiger partial charge in [0.1, 0.15) is 0 Å². The summed E-state index contributed by atoms with van der Waals surface area (Å²) in [6.07, 6.45) is 11.7. The topological polar surface area (TPSA) is 80.7 Å². The molecule has 246 valence electrons. The van der Waals surface area contributed by atoms with Crippen LogP contribution in [0.15, 0.2) is 30.3 Å². The maximum atomic E-state index is 9.42. The molecule has 2 aliphatic heterocycles. The van der Waals surface area contributed by atoms with Crippen LogP contribution in [-0.2, 0) is 23.9 Å². The predicted octanol–water partition coefficient (Wildman–Crippen LogP) is 8.15. The molecule has 4 unspecified atom stereocenters. The normalized spacial score (nSPS) is 22.9. The molecule has 2 N–H and O–H groups in total. The Hall–Kier alpha value is -0.221. The Morgan fingerprint density at radius 3 is 1.88 bits per heavy atom. The zero-order valence-corrected chi connectivity index (χ0v) is 31.2. The summed E-state index contributed by atoms with van der Waals surface area (Å²) in [7, 11) is 2.00. The average Bonchev–Trinajstić information content (AvgIpc) is 3.75. The van der Waals surface area contributed by atoms with Gasteiger partial charge in [-0.3, -0.25) is 0 Å². The molecule has 2 saturated heterocycles. The van der Waals surface area contributed by atoms with Crippen LogP contribution in [0.5, 0.6) is 0 Å². The number of unbranched alkanes of at least 4 members (excludes halogenated alkanes) is 3.